The van der Waals surface area contributed by atoms with E-state index >= 15 is 0 Å². The van der Waals surface area contributed by atoms with Crippen LogP contribution in [0.15, 0.2) is 0 Å². The topological polar surface area (TPSA) is 18.5 Å². The van der Waals surface area contributed by atoms with E-state index in [1.54, 1.807) is 0 Å². The molecule has 0 saturated carbocycles. The first kappa shape index (κ1) is 13.1. The molecule has 0 aromatic heterocycles. The van der Waals surface area contributed by atoms with Gasteiger partial charge in [0.05, 0.1) is 32.3 Å². The van der Waals surface area contributed by atoms with Gasteiger partial charge in [0.25, 0.3) is 0 Å². The second-order valence-electron chi connectivity index (χ2n) is 1.97. The summed E-state index contributed by atoms with van der Waals surface area (Å²) < 4.78 is 8.61. The van der Waals surface area contributed by atoms with Gasteiger partial charge in [0.1, 0.15) is 0 Å². The molecule has 0 atom stereocenters. The Morgan fingerprint density at radius 3 is 1.25 bits per heavy atom. The van der Waals surface area contributed by atoms with Crippen LogP contribution in [0, 0.1) is 0 Å². The molecule has 0 amide bonds. The molecule has 1 aliphatic rings. The zero-order valence-corrected chi connectivity index (χ0v) is 9.39. The minimum Gasteiger partial charge on any atom is -0.377 e. The molecule has 6 heteroatoms. The molecule has 2 nitrogen and oxygen atoms in total. The second-order valence-corrected chi connectivity index (χ2v) is 4.76. The van der Waals surface area contributed by atoms with Gasteiger partial charge in [-0.2, -0.15) is 0 Å². The molecule has 0 spiro atoms. The summed E-state index contributed by atoms with van der Waals surface area (Å²) in [7, 11) is 0. The van der Waals surface area contributed by atoms with E-state index in [-0.39, 0.29) is 5.88 Å². The van der Waals surface area contributed by atoms with Crippen LogP contribution in [0.25, 0.3) is 0 Å². The van der Waals surface area contributed by atoms with Crippen LogP contribution in [0.3, 0.4) is 0 Å². The van der Waals surface area contributed by atoms with Crippen LogP contribution in [0.1, 0.15) is 0 Å². The van der Waals surface area contributed by atoms with Crippen LogP contribution < -0.4 is 0 Å². The number of alkyl halides is 4. The van der Waals surface area contributed by atoms with Gasteiger partial charge in [-0.15, -0.1) is 11.6 Å². The maximum absolute atomic E-state index is 5.12. The minimum absolute atomic E-state index is 0.0394. The van der Waals surface area contributed by atoms with Gasteiger partial charge in [0, 0.05) is 0 Å². The lowest BCUT2D eigenvalue weighted by atomic mass is 10.6. The Bertz CT molecular complexity index is 88.7. The Morgan fingerprint density at radius 2 is 1.17 bits per heavy atom. The molecular formula is C6H10Cl4O2. The van der Waals surface area contributed by atoms with Crippen LogP contribution in [0.4, 0.5) is 0 Å². The molecule has 74 valence electrons. The average molecular weight is 256 g/mol. The highest BCUT2D eigenvalue weighted by Gasteiger charge is 2.16. The Kier molecular flexibility index (Phi) is 8.15. The van der Waals surface area contributed by atoms with Crippen LogP contribution in [0.5, 0.6) is 0 Å². The van der Waals surface area contributed by atoms with E-state index in [2.05, 4.69) is 0 Å². The monoisotopic (exact) mass is 254 g/mol. The van der Waals surface area contributed by atoms with Crippen LogP contribution in [0.2, 0.25) is 0 Å². The predicted octanol–water partition coefficient (Wildman–Crippen LogP) is 2.63. The molecule has 0 bridgehead atoms. The van der Waals surface area contributed by atoms with Crippen molar-refractivity contribution in [3.05, 3.63) is 0 Å². The molecule has 1 heterocycles. The highest BCUT2D eigenvalue weighted by molar-refractivity contribution is 6.69. The van der Waals surface area contributed by atoms with Crippen molar-refractivity contribution in [2.24, 2.45) is 0 Å². The van der Waals surface area contributed by atoms with Gasteiger partial charge >= 0.3 is 0 Å². The molecule has 0 N–H and O–H groups in total. The summed E-state index contributed by atoms with van der Waals surface area (Å²) in [6.45, 7) is 3.11. The quantitative estimate of drug-likeness (QED) is 0.620. The van der Waals surface area contributed by atoms with Crippen molar-refractivity contribution in [1.29, 1.82) is 0 Å². The fraction of sp³-hybridized carbons (Fsp3) is 1.00. The standard InChI is InChI=1S/C4H8O2.C2H2Cl4/c1-2-6-4-3-5-1;3-1-2(4,5)6/h1-4H2;1H2. The molecule has 1 saturated heterocycles. The van der Waals surface area contributed by atoms with Crippen molar-refractivity contribution in [2.45, 2.75) is 3.79 Å². The summed E-state index contributed by atoms with van der Waals surface area (Å²) >= 11 is 20.4. The summed E-state index contributed by atoms with van der Waals surface area (Å²) in [5.41, 5.74) is 0. The fourth-order valence-corrected chi connectivity index (χ4v) is 0.440. The lowest BCUT2D eigenvalue weighted by Crippen LogP contribution is -2.16. The van der Waals surface area contributed by atoms with E-state index in [1.165, 1.54) is 0 Å². The molecule has 0 aromatic carbocycles. The summed E-state index contributed by atoms with van der Waals surface area (Å²) in [6, 6.07) is 0. The van der Waals surface area contributed by atoms with Gasteiger partial charge in [0.15, 0.2) is 0 Å². The van der Waals surface area contributed by atoms with Crippen LogP contribution in [-0.2, 0) is 9.47 Å². The van der Waals surface area contributed by atoms with Gasteiger partial charge in [-0.1, -0.05) is 34.8 Å². The van der Waals surface area contributed by atoms with E-state index in [0.717, 1.165) is 26.4 Å². The first-order valence-corrected chi connectivity index (χ1v) is 5.01. The lowest BCUT2D eigenvalue weighted by molar-refractivity contribution is -0.0334. The maximum Gasteiger partial charge on any atom is 0.203 e. The number of ether oxygens (including phenoxy) is 2. The Hall–Kier alpha value is 1.08. The molecule has 0 aromatic rings. The zero-order chi connectivity index (χ0) is 9.45. The molecule has 0 unspecified atom stereocenters. The highest BCUT2D eigenvalue weighted by Crippen LogP contribution is 2.26. The second kappa shape index (κ2) is 7.48. The third-order valence-corrected chi connectivity index (χ3v) is 2.11. The molecule has 1 aliphatic heterocycles. The zero-order valence-electron chi connectivity index (χ0n) is 6.36. The highest BCUT2D eigenvalue weighted by atomic mass is 35.6. The van der Waals surface area contributed by atoms with Crippen molar-refractivity contribution < 1.29 is 9.47 Å². The van der Waals surface area contributed by atoms with Crippen LogP contribution >= 0.6 is 46.4 Å². The summed E-state index contributed by atoms with van der Waals surface area (Å²) in [5, 5.41) is 0. The molecule has 1 fully saturated rings. The predicted molar refractivity (Wildman–Crippen MR) is 52.6 cm³/mol. The minimum atomic E-state index is -1.28. The summed E-state index contributed by atoms with van der Waals surface area (Å²) in [4.78, 5) is 0. The Balaban J connectivity index is 0.000000202. The van der Waals surface area contributed by atoms with E-state index in [9.17, 15) is 0 Å². The first-order valence-electron chi connectivity index (χ1n) is 3.34. The number of rotatable bonds is 0. The normalized spacial score (nSPS) is 18.0. The number of hydrogen-bond acceptors (Lipinski definition) is 2. The van der Waals surface area contributed by atoms with Crippen molar-refractivity contribution >= 4 is 46.4 Å². The fourth-order valence-electron chi connectivity index (χ4n) is 0.440. The smallest absolute Gasteiger partial charge is 0.203 e. The molecule has 1 rings (SSSR count). The molecule has 12 heavy (non-hydrogen) atoms. The number of halogens is 4. The Labute approximate surface area is 92.0 Å². The summed E-state index contributed by atoms with van der Waals surface area (Å²) in [5.74, 6) is 0.0394. The van der Waals surface area contributed by atoms with E-state index in [1.807, 2.05) is 0 Å². The largest absolute Gasteiger partial charge is 0.377 e. The van der Waals surface area contributed by atoms with Gasteiger partial charge in [-0.25, -0.2) is 0 Å². The van der Waals surface area contributed by atoms with Crippen molar-refractivity contribution in [3.8, 4) is 0 Å². The molecule has 0 aliphatic carbocycles. The summed E-state index contributed by atoms with van der Waals surface area (Å²) in [6.07, 6.45) is 0. The van der Waals surface area contributed by atoms with Crippen molar-refractivity contribution in [2.75, 3.05) is 32.3 Å². The van der Waals surface area contributed by atoms with E-state index < -0.39 is 3.79 Å². The first-order chi connectivity index (χ1) is 5.56. The third kappa shape index (κ3) is 11.1. The third-order valence-electron chi connectivity index (χ3n) is 0.896. The van der Waals surface area contributed by atoms with Gasteiger partial charge < -0.3 is 9.47 Å². The van der Waals surface area contributed by atoms with Gasteiger partial charge in [-0.05, 0) is 0 Å². The van der Waals surface area contributed by atoms with E-state index in [0.29, 0.717) is 0 Å². The Morgan fingerprint density at radius 1 is 0.917 bits per heavy atom. The average Bonchev–Trinajstić information content (AvgIpc) is 2.07. The number of hydrogen-bond donors (Lipinski definition) is 0. The van der Waals surface area contributed by atoms with Gasteiger partial charge in [0.2, 0.25) is 3.79 Å². The van der Waals surface area contributed by atoms with Gasteiger partial charge in [-0.3, -0.25) is 0 Å². The molecular weight excluding hydrogens is 246 g/mol. The van der Waals surface area contributed by atoms with E-state index in [4.69, 9.17) is 55.9 Å². The molecule has 0 radical (unpaired) electrons. The lowest BCUT2D eigenvalue weighted by Gasteiger charge is -2.09. The SMILES string of the molecule is C1COCCO1.ClCC(Cl)(Cl)Cl. The maximum atomic E-state index is 5.12. The van der Waals surface area contributed by atoms with Crippen molar-refractivity contribution in [3.63, 3.8) is 0 Å². The van der Waals surface area contributed by atoms with Crippen LogP contribution in [-0.4, -0.2) is 36.1 Å². The van der Waals surface area contributed by atoms with Crippen molar-refractivity contribution in [1.82, 2.24) is 0 Å².